The Morgan fingerprint density at radius 2 is 1.96 bits per heavy atom. The third-order valence-corrected chi connectivity index (χ3v) is 4.65. The van der Waals surface area contributed by atoms with Gasteiger partial charge in [0, 0.05) is 52.6 Å². The van der Waals surface area contributed by atoms with Gasteiger partial charge in [-0.1, -0.05) is 13.8 Å². The maximum atomic E-state index is 5.80. The van der Waals surface area contributed by atoms with E-state index >= 15 is 0 Å². The van der Waals surface area contributed by atoms with E-state index in [1.54, 1.807) is 0 Å². The zero-order chi connectivity index (χ0) is 18.5. The molecule has 148 valence electrons. The van der Waals surface area contributed by atoms with Gasteiger partial charge in [0.25, 0.3) is 0 Å². The van der Waals surface area contributed by atoms with Gasteiger partial charge in [0.1, 0.15) is 0 Å². The van der Waals surface area contributed by atoms with Crippen molar-refractivity contribution in [2.24, 2.45) is 16.8 Å². The van der Waals surface area contributed by atoms with Gasteiger partial charge in [-0.25, -0.2) is 0 Å². The van der Waals surface area contributed by atoms with Crippen LogP contribution in [0.15, 0.2) is 4.99 Å². The first-order valence-corrected chi connectivity index (χ1v) is 9.79. The van der Waals surface area contributed by atoms with Crippen LogP contribution in [0.3, 0.4) is 0 Å². The largest absolute Gasteiger partial charge is 0.381 e. The Hall–Kier alpha value is -0.850. The fraction of sp³-hybridized carbons (Fsp3) is 0.947. The monoisotopic (exact) mass is 356 g/mol. The molecule has 1 saturated heterocycles. The van der Waals surface area contributed by atoms with Gasteiger partial charge >= 0.3 is 0 Å². The Bertz CT molecular complexity index is 355. The lowest BCUT2D eigenvalue weighted by Gasteiger charge is -2.27. The van der Waals surface area contributed by atoms with Crippen LogP contribution in [0.4, 0.5) is 0 Å². The lowest BCUT2D eigenvalue weighted by molar-refractivity contribution is 0.0203. The number of hydrogen-bond acceptors (Lipinski definition) is 4. The molecule has 0 aromatic rings. The van der Waals surface area contributed by atoms with E-state index in [2.05, 4.69) is 48.5 Å². The van der Waals surface area contributed by atoms with Crippen molar-refractivity contribution in [1.29, 1.82) is 0 Å². The van der Waals surface area contributed by atoms with Crippen LogP contribution in [0.2, 0.25) is 0 Å². The number of aliphatic imine (C=N–C) groups is 1. The van der Waals surface area contributed by atoms with E-state index in [4.69, 9.17) is 9.47 Å². The van der Waals surface area contributed by atoms with Crippen molar-refractivity contribution in [2.45, 2.75) is 45.6 Å². The van der Waals surface area contributed by atoms with Crippen molar-refractivity contribution in [3.8, 4) is 0 Å². The number of hydrogen-bond donors (Lipinski definition) is 2. The lowest BCUT2D eigenvalue weighted by atomic mass is 10.0. The molecule has 6 heteroatoms. The predicted molar refractivity (Wildman–Crippen MR) is 105 cm³/mol. The molecule has 1 atom stereocenters. The third kappa shape index (κ3) is 10.7. The fourth-order valence-corrected chi connectivity index (χ4v) is 3.00. The predicted octanol–water partition coefficient (Wildman–Crippen LogP) is 1.96. The third-order valence-electron chi connectivity index (χ3n) is 4.65. The second kappa shape index (κ2) is 13.4. The molecule has 1 heterocycles. The van der Waals surface area contributed by atoms with Crippen LogP contribution in [0.1, 0.15) is 39.5 Å². The second-order valence-electron chi connectivity index (χ2n) is 7.61. The lowest BCUT2D eigenvalue weighted by Crippen LogP contribution is -2.45. The molecule has 1 rings (SSSR count). The highest BCUT2D eigenvalue weighted by molar-refractivity contribution is 5.79. The molecule has 0 bridgehead atoms. The first-order valence-electron chi connectivity index (χ1n) is 9.79. The summed E-state index contributed by atoms with van der Waals surface area (Å²) in [6.07, 6.45) is 4.44. The zero-order valence-corrected chi connectivity index (χ0v) is 17.0. The van der Waals surface area contributed by atoms with Crippen molar-refractivity contribution in [1.82, 2.24) is 15.5 Å². The summed E-state index contributed by atoms with van der Waals surface area (Å²) in [6, 6.07) is 0.515. The number of nitrogens with one attached hydrogen (secondary N) is 2. The van der Waals surface area contributed by atoms with Gasteiger partial charge in [-0.2, -0.15) is 0 Å². The van der Waals surface area contributed by atoms with E-state index in [0.717, 1.165) is 64.7 Å². The maximum Gasteiger partial charge on any atom is 0.191 e. The Morgan fingerprint density at radius 3 is 2.56 bits per heavy atom. The van der Waals surface area contributed by atoms with Gasteiger partial charge in [-0.05, 0) is 51.6 Å². The van der Waals surface area contributed by atoms with Crippen LogP contribution in [0.5, 0.6) is 0 Å². The fourth-order valence-electron chi connectivity index (χ4n) is 3.00. The Labute approximate surface area is 154 Å². The summed E-state index contributed by atoms with van der Waals surface area (Å²) in [6.45, 7) is 9.78. The maximum absolute atomic E-state index is 5.80. The molecule has 1 fully saturated rings. The summed E-state index contributed by atoms with van der Waals surface area (Å²) in [5.41, 5.74) is 0. The Balaban J connectivity index is 2.10. The van der Waals surface area contributed by atoms with Gasteiger partial charge in [0.15, 0.2) is 5.96 Å². The highest BCUT2D eigenvalue weighted by Crippen LogP contribution is 2.14. The van der Waals surface area contributed by atoms with E-state index in [1.165, 1.54) is 6.42 Å². The topological polar surface area (TPSA) is 58.1 Å². The molecule has 2 N–H and O–H groups in total. The van der Waals surface area contributed by atoms with E-state index in [1.807, 2.05) is 7.05 Å². The Morgan fingerprint density at radius 1 is 1.24 bits per heavy atom. The van der Waals surface area contributed by atoms with Crippen LogP contribution in [0.25, 0.3) is 0 Å². The molecule has 0 aliphatic carbocycles. The molecule has 1 aliphatic heterocycles. The molecule has 6 nitrogen and oxygen atoms in total. The molecular weight excluding hydrogens is 316 g/mol. The zero-order valence-electron chi connectivity index (χ0n) is 17.0. The average Bonchev–Trinajstić information content (AvgIpc) is 2.59. The van der Waals surface area contributed by atoms with Gasteiger partial charge < -0.3 is 25.0 Å². The first kappa shape index (κ1) is 22.2. The summed E-state index contributed by atoms with van der Waals surface area (Å²) >= 11 is 0. The molecule has 0 amide bonds. The van der Waals surface area contributed by atoms with Crippen molar-refractivity contribution >= 4 is 5.96 Å². The van der Waals surface area contributed by atoms with E-state index < -0.39 is 0 Å². The van der Waals surface area contributed by atoms with Gasteiger partial charge in [0.05, 0.1) is 0 Å². The molecule has 1 aliphatic rings. The van der Waals surface area contributed by atoms with Crippen LogP contribution in [0, 0.1) is 11.8 Å². The summed E-state index contributed by atoms with van der Waals surface area (Å²) < 4.78 is 11.2. The minimum atomic E-state index is 0.515. The summed E-state index contributed by atoms with van der Waals surface area (Å²) in [7, 11) is 6.10. The standard InChI is InChI=1S/C19H40N4O2/c1-16(2)13-18(23(4)5)14-22-19(20-3)21-9-6-10-25-15-17-7-11-24-12-8-17/h16-18H,6-15H2,1-5H3,(H2,20,21,22). The van der Waals surface area contributed by atoms with Crippen LogP contribution in [-0.4, -0.2) is 77.6 Å². The molecule has 0 aromatic carbocycles. The van der Waals surface area contributed by atoms with E-state index in [9.17, 15) is 0 Å². The average molecular weight is 357 g/mol. The molecule has 1 unspecified atom stereocenters. The normalized spacial score (nSPS) is 18.0. The molecule has 0 aromatic heterocycles. The molecule has 0 radical (unpaired) electrons. The number of rotatable bonds is 11. The summed E-state index contributed by atoms with van der Waals surface area (Å²) in [4.78, 5) is 6.59. The minimum absolute atomic E-state index is 0.515. The molecule has 25 heavy (non-hydrogen) atoms. The van der Waals surface area contributed by atoms with Crippen molar-refractivity contribution < 1.29 is 9.47 Å². The first-order chi connectivity index (χ1) is 12.0. The number of likely N-dealkylation sites (N-methyl/N-ethyl adjacent to an activating group) is 1. The minimum Gasteiger partial charge on any atom is -0.381 e. The highest BCUT2D eigenvalue weighted by atomic mass is 16.5. The van der Waals surface area contributed by atoms with E-state index in [0.29, 0.717) is 17.9 Å². The van der Waals surface area contributed by atoms with Gasteiger partial charge in [-0.3, -0.25) is 4.99 Å². The summed E-state index contributed by atoms with van der Waals surface area (Å²) in [5.74, 6) is 2.25. The van der Waals surface area contributed by atoms with Gasteiger partial charge in [-0.15, -0.1) is 0 Å². The number of nitrogens with zero attached hydrogens (tertiary/aromatic N) is 2. The molecule has 0 spiro atoms. The van der Waals surface area contributed by atoms with Crippen LogP contribution >= 0.6 is 0 Å². The van der Waals surface area contributed by atoms with Crippen molar-refractivity contribution in [2.75, 3.05) is 60.7 Å². The van der Waals surface area contributed by atoms with Crippen molar-refractivity contribution in [3.63, 3.8) is 0 Å². The van der Waals surface area contributed by atoms with E-state index in [-0.39, 0.29) is 0 Å². The number of ether oxygens (including phenoxy) is 2. The Kier molecular flexibility index (Phi) is 11.9. The SMILES string of the molecule is CN=C(NCCCOCC1CCOCC1)NCC(CC(C)C)N(C)C. The van der Waals surface area contributed by atoms with Crippen LogP contribution in [-0.2, 0) is 9.47 Å². The quantitative estimate of drug-likeness (QED) is 0.337. The van der Waals surface area contributed by atoms with Crippen LogP contribution < -0.4 is 10.6 Å². The number of guanidine groups is 1. The van der Waals surface area contributed by atoms with Crippen molar-refractivity contribution in [3.05, 3.63) is 0 Å². The smallest absolute Gasteiger partial charge is 0.191 e. The highest BCUT2D eigenvalue weighted by Gasteiger charge is 2.14. The second-order valence-corrected chi connectivity index (χ2v) is 7.61. The molecule has 0 saturated carbocycles. The molecular formula is C19H40N4O2. The van der Waals surface area contributed by atoms with Gasteiger partial charge in [0.2, 0.25) is 0 Å². The summed E-state index contributed by atoms with van der Waals surface area (Å²) in [5, 5.41) is 6.82.